The molecule has 1 aliphatic rings. The zero-order valence-electron chi connectivity index (χ0n) is 12.7. The van der Waals surface area contributed by atoms with Crippen LogP contribution < -0.4 is 5.32 Å². The Hall–Kier alpha value is -1.24. The number of rotatable bonds is 9. The zero-order valence-corrected chi connectivity index (χ0v) is 12.7. The summed E-state index contributed by atoms with van der Waals surface area (Å²) in [7, 11) is 0. The molecule has 1 heterocycles. The molecular formula is C17H26N2O. The fourth-order valence-corrected chi connectivity index (χ4v) is 2.44. The van der Waals surface area contributed by atoms with Gasteiger partial charge >= 0.3 is 0 Å². The van der Waals surface area contributed by atoms with Crippen molar-refractivity contribution in [1.29, 1.82) is 0 Å². The van der Waals surface area contributed by atoms with Crippen LogP contribution in [0.2, 0.25) is 0 Å². The molecular weight excluding hydrogens is 248 g/mol. The van der Waals surface area contributed by atoms with Gasteiger partial charge in [0.2, 0.25) is 0 Å². The van der Waals surface area contributed by atoms with Crippen LogP contribution in [0.3, 0.4) is 0 Å². The van der Waals surface area contributed by atoms with Gasteiger partial charge in [-0.05, 0) is 44.7 Å². The van der Waals surface area contributed by atoms with Gasteiger partial charge in [0.15, 0.2) is 0 Å². The second kappa shape index (κ2) is 7.52. The number of nitrogens with one attached hydrogen (secondary N) is 1. The molecule has 0 atom stereocenters. The SMILES string of the molecule is C#CCN(Cc1cc(CNCCC)c(C)o1)CC1CC1. The predicted molar refractivity (Wildman–Crippen MR) is 82.3 cm³/mol. The second-order valence-corrected chi connectivity index (χ2v) is 5.79. The number of nitrogens with zero attached hydrogens (tertiary/aromatic N) is 1. The topological polar surface area (TPSA) is 28.4 Å². The molecule has 0 amide bonds. The molecule has 1 aromatic heterocycles. The van der Waals surface area contributed by atoms with Crippen LogP contribution in [0.15, 0.2) is 10.5 Å². The highest BCUT2D eigenvalue weighted by atomic mass is 16.3. The van der Waals surface area contributed by atoms with Crippen LogP contribution in [-0.2, 0) is 13.1 Å². The summed E-state index contributed by atoms with van der Waals surface area (Å²) in [5.74, 6) is 5.67. The Morgan fingerprint density at radius 3 is 2.95 bits per heavy atom. The van der Waals surface area contributed by atoms with Gasteiger partial charge in [0.25, 0.3) is 0 Å². The van der Waals surface area contributed by atoms with Crippen LogP contribution in [0.1, 0.15) is 43.3 Å². The molecule has 0 aliphatic heterocycles. The molecule has 0 bridgehead atoms. The molecule has 0 radical (unpaired) electrons. The van der Waals surface area contributed by atoms with E-state index in [1.165, 1.54) is 18.4 Å². The summed E-state index contributed by atoms with van der Waals surface area (Å²) in [6.45, 7) is 8.79. The summed E-state index contributed by atoms with van der Waals surface area (Å²) in [5.41, 5.74) is 1.26. The lowest BCUT2D eigenvalue weighted by Crippen LogP contribution is -2.25. The largest absolute Gasteiger partial charge is 0.465 e. The van der Waals surface area contributed by atoms with E-state index in [1.54, 1.807) is 0 Å². The Labute approximate surface area is 122 Å². The van der Waals surface area contributed by atoms with Crippen molar-refractivity contribution in [2.24, 2.45) is 5.92 Å². The minimum Gasteiger partial charge on any atom is -0.465 e. The Morgan fingerprint density at radius 1 is 1.50 bits per heavy atom. The van der Waals surface area contributed by atoms with Crippen molar-refractivity contribution in [3.63, 3.8) is 0 Å². The highest BCUT2D eigenvalue weighted by Crippen LogP contribution is 2.30. The predicted octanol–water partition coefficient (Wildman–Crippen LogP) is 2.93. The molecule has 20 heavy (non-hydrogen) atoms. The van der Waals surface area contributed by atoms with Crippen molar-refractivity contribution >= 4 is 0 Å². The van der Waals surface area contributed by atoms with E-state index >= 15 is 0 Å². The van der Waals surface area contributed by atoms with Crippen molar-refractivity contribution < 1.29 is 4.42 Å². The molecule has 1 saturated carbocycles. The van der Waals surface area contributed by atoms with Gasteiger partial charge in [0.1, 0.15) is 11.5 Å². The molecule has 0 spiro atoms. The third-order valence-electron chi connectivity index (χ3n) is 3.72. The quantitative estimate of drug-likeness (QED) is 0.554. The van der Waals surface area contributed by atoms with Crippen LogP contribution in [0, 0.1) is 25.2 Å². The molecule has 1 aromatic rings. The molecule has 0 aromatic carbocycles. The Balaban J connectivity index is 1.90. The van der Waals surface area contributed by atoms with E-state index in [9.17, 15) is 0 Å². The minimum atomic E-state index is 0.708. The van der Waals surface area contributed by atoms with Crippen LogP contribution in [0.25, 0.3) is 0 Å². The van der Waals surface area contributed by atoms with Gasteiger partial charge in [-0.25, -0.2) is 0 Å². The first-order chi connectivity index (χ1) is 9.72. The van der Waals surface area contributed by atoms with Crippen LogP contribution in [-0.4, -0.2) is 24.5 Å². The average Bonchev–Trinajstić information content (AvgIpc) is 3.15. The highest BCUT2D eigenvalue weighted by molar-refractivity contribution is 5.20. The summed E-state index contributed by atoms with van der Waals surface area (Å²) in [6.07, 6.45) is 9.32. The Bertz CT molecular complexity index is 454. The zero-order chi connectivity index (χ0) is 14.4. The van der Waals surface area contributed by atoms with E-state index in [0.717, 1.165) is 50.0 Å². The van der Waals surface area contributed by atoms with E-state index < -0.39 is 0 Å². The third kappa shape index (κ3) is 4.70. The lowest BCUT2D eigenvalue weighted by atomic mass is 10.2. The van der Waals surface area contributed by atoms with Gasteiger partial charge in [-0.2, -0.15) is 0 Å². The average molecular weight is 274 g/mol. The molecule has 3 heteroatoms. The van der Waals surface area contributed by atoms with Gasteiger partial charge < -0.3 is 9.73 Å². The van der Waals surface area contributed by atoms with Gasteiger partial charge in [-0.15, -0.1) is 6.42 Å². The van der Waals surface area contributed by atoms with Crippen LogP contribution in [0.5, 0.6) is 0 Å². The monoisotopic (exact) mass is 274 g/mol. The maximum Gasteiger partial charge on any atom is 0.118 e. The van der Waals surface area contributed by atoms with Crippen molar-refractivity contribution in [1.82, 2.24) is 10.2 Å². The van der Waals surface area contributed by atoms with E-state index in [4.69, 9.17) is 10.8 Å². The molecule has 0 unspecified atom stereocenters. The first-order valence-electron chi connectivity index (χ1n) is 7.67. The number of terminal acetylenes is 1. The Morgan fingerprint density at radius 2 is 2.30 bits per heavy atom. The molecule has 1 aliphatic carbocycles. The van der Waals surface area contributed by atoms with E-state index in [2.05, 4.69) is 29.1 Å². The van der Waals surface area contributed by atoms with Gasteiger partial charge in [0, 0.05) is 18.7 Å². The van der Waals surface area contributed by atoms with Crippen molar-refractivity contribution in [2.45, 2.75) is 46.2 Å². The highest BCUT2D eigenvalue weighted by Gasteiger charge is 2.24. The third-order valence-corrected chi connectivity index (χ3v) is 3.72. The smallest absolute Gasteiger partial charge is 0.118 e. The van der Waals surface area contributed by atoms with Crippen molar-refractivity contribution in [3.05, 3.63) is 23.2 Å². The summed E-state index contributed by atoms with van der Waals surface area (Å²) < 4.78 is 5.87. The number of furan rings is 1. The maximum absolute atomic E-state index is 5.87. The van der Waals surface area contributed by atoms with Gasteiger partial charge in [-0.3, -0.25) is 4.90 Å². The van der Waals surface area contributed by atoms with Crippen LogP contribution >= 0.6 is 0 Å². The first kappa shape index (κ1) is 15.2. The standard InChI is InChI=1S/C17H26N2O/c1-4-8-18-11-16-10-17(20-14(16)3)13-19(9-5-2)12-15-6-7-15/h2,10,15,18H,4,6-9,11-13H2,1,3H3. The molecule has 3 nitrogen and oxygen atoms in total. The van der Waals surface area contributed by atoms with Crippen LogP contribution in [0.4, 0.5) is 0 Å². The summed E-state index contributed by atoms with van der Waals surface area (Å²) in [5, 5.41) is 3.42. The minimum absolute atomic E-state index is 0.708. The lowest BCUT2D eigenvalue weighted by molar-refractivity contribution is 0.260. The number of hydrogen-bond donors (Lipinski definition) is 1. The fourth-order valence-electron chi connectivity index (χ4n) is 2.44. The summed E-state index contributed by atoms with van der Waals surface area (Å²) in [4.78, 5) is 2.32. The summed E-state index contributed by atoms with van der Waals surface area (Å²) in [6, 6.07) is 2.18. The van der Waals surface area contributed by atoms with Crippen molar-refractivity contribution in [3.8, 4) is 12.3 Å². The lowest BCUT2D eigenvalue weighted by Gasteiger charge is -2.17. The van der Waals surface area contributed by atoms with Gasteiger partial charge in [0.05, 0.1) is 13.1 Å². The maximum atomic E-state index is 5.87. The number of hydrogen-bond acceptors (Lipinski definition) is 3. The Kier molecular flexibility index (Phi) is 5.70. The van der Waals surface area contributed by atoms with Gasteiger partial charge in [-0.1, -0.05) is 12.8 Å². The first-order valence-corrected chi connectivity index (χ1v) is 7.67. The van der Waals surface area contributed by atoms with E-state index in [-0.39, 0.29) is 0 Å². The molecule has 1 N–H and O–H groups in total. The fraction of sp³-hybridized carbons (Fsp3) is 0.647. The van der Waals surface area contributed by atoms with E-state index in [1.807, 2.05) is 6.92 Å². The van der Waals surface area contributed by atoms with E-state index in [0.29, 0.717) is 6.54 Å². The second-order valence-electron chi connectivity index (χ2n) is 5.79. The molecule has 2 rings (SSSR count). The molecule has 1 fully saturated rings. The molecule has 110 valence electrons. The number of aryl methyl sites for hydroxylation is 1. The van der Waals surface area contributed by atoms with Crippen molar-refractivity contribution in [2.75, 3.05) is 19.6 Å². The normalized spacial score (nSPS) is 14.7. The summed E-state index contributed by atoms with van der Waals surface area (Å²) >= 11 is 0. The molecule has 0 saturated heterocycles.